The number of oxime groups is 1. The number of rotatable bonds is 3. The van der Waals surface area contributed by atoms with Crippen molar-refractivity contribution in [2.24, 2.45) is 5.16 Å². The monoisotopic (exact) mass is 382 g/mol. The normalized spacial score (nSPS) is 20.3. The molecule has 0 spiro atoms. The Morgan fingerprint density at radius 1 is 1.28 bits per heavy atom. The average Bonchev–Trinajstić information content (AvgIpc) is 2.98. The number of hydrogen-bond acceptors (Lipinski definition) is 6. The van der Waals surface area contributed by atoms with Gasteiger partial charge in [-0.25, -0.2) is 4.98 Å². The summed E-state index contributed by atoms with van der Waals surface area (Å²) in [7, 11) is -4.88. The molecule has 1 aromatic carbocycles. The van der Waals surface area contributed by atoms with Crippen molar-refractivity contribution in [2.75, 3.05) is 0 Å². The van der Waals surface area contributed by atoms with Crippen molar-refractivity contribution < 1.29 is 17.3 Å². The fraction of sp³-hybridized carbons (Fsp3) is 0.500. The minimum Gasteiger partial charge on any atom is -0.714 e. The summed E-state index contributed by atoms with van der Waals surface area (Å²) in [5.74, 6) is 1.46. The van der Waals surface area contributed by atoms with Crippen LogP contribution >= 0.6 is 11.6 Å². The van der Waals surface area contributed by atoms with Crippen LogP contribution < -0.4 is 0 Å². The molecule has 0 radical (unpaired) electrons. The van der Waals surface area contributed by atoms with Gasteiger partial charge in [-0.3, -0.25) is 4.28 Å². The number of aromatic nitrogens is 2. The zero-order valence-electron chi connectivity index (χ0n) is 13.4. The standard InChI is InChI=1S/C16H18ClN3O4S/c17-12-7-6-11-13(19-24-25(21,22)23)8-9-20-15(11)14(12)18-16(20)10-4-2-1-3-5-10/h6-7,10H,1-5,8-9H2,(H,21,22,23)/p-1/b19-13+. The highest BCUT2D eigenvalue weighted by Gasteiger charge is 2.28. The largest absolute Gasteiger partial charge is 0.714 e. The quantitative estimate of drug-likeness (QED) is 0.460. The lowest BCUT2D eigenvalue weighted by Gasteiger charge is -2.24. The molecular weight excluding hydrogens is 366 g/mol. The Bertz CT molecular complexity index is 961. The number of hydrogen-bond donors (Lipinski definition) is 0. The van der Waals surface area contributed by atoms with Crippen LogP contribution in [0, 0.1) is 0 Å². The molecule has 2 aromatic rings. The maximum absolute atomic E-state index is 10.7. The Morgan fingerprint density at radius 3 is 2.76 bits per heavy atom. The van der Waals surface area contributed by atoms with Crippen LogP contribution in [0.15, 0.2) is 17.3 Å². The molecule has 1 saturated carbocycles. The van der Waals surface area contributed by atoms with Crippen molar-refractivity contribution in [3.05, 3.63) is 28.5 Å². The van der Waals surface area contributed by atoms with Gasteiger partial charge in [0.1, 0.15) is 11.3 Å². The Kier molecular flexibility index (Phi) is 4.21. The zero-order valence-corrected chi connectivity index (χ0v) is 15.0. The number of imidazole rings is 1. The fourth-order valence-electron chi connectivity index (χ4n) is 3.89. The second-order valence-corrected chi connectivity index (χ2v) is 7.89. The summed E-state index contributed by atoms with van der Waals surface area (Å²) in [6.07, 6.45) is 6.38. The molecule has 0 N–H and O–H groups in total. The van der Waals surface area contributed by atoms with E-state index in [1.807, 2.05) is 0 Å². The van der Waals surface area contributed by atoms with Crippen molar-refractivity contribution in [1.82, 2.24) is 9.55 Å². The molecule has 9 heteroatoms. The SMILES string of the molecule is O=S(=O)([O-])O/N=C1\CCn2c(C3CCCCC3)nc3c(Cl)ccc1c32. The van der Waals surface area contributed by atoms with Crippen LogP contribution in [0.2, 0.25) is 5.02 Å². The lowest BCUT2D eigenvalue weighted by molar-refractivity contribution is 0.273. The van der Waals surface area contributed by atoms with Gasteiger partial charge in [0, 0.05) is 24.4 Å². The van der Waals surface area contributed by atoms with Gasteiger partial charge < -0.3 is 9.12 Å². The molecule has 1 fully saturated rings. The van der Waals surface area contributed by atoms with Gasteiger partial charge in [-0.05, 0) is 25.0 Å². The first-order valence-corrected chi connectivity index (χ1v) is 10.1. The van der Waals surface area contributed by atoms with Gasteiger partial charge in [-0.2, -0.15) is 8.42 Å². The molecule has 1 aromatic heterocycles. The third-order valence-corrected chi connectivity index (χ3v) is 5.53. The van der Waals surface area contributed by atoms with Crippen LogP contribution in [-0.4, -0.2) is 28.2 Å². The Labute approximate surface area is 150 Å². The first-order valence-electron chi connectivity index (χ1n) is 8.34. The molecule has 0 bridgehead atoms. The van der Waals surface area contributed by atoms with E-state index < -0.39 is 10.4 Å². The highest BCUT2D eigenvalue weighted by molar-refractivity contribution is 7.80. The molecule has 25 heavy (non-hydrogen) atoms. The van der Waals surface area contributed by atoms with Gasteiger partial charge in [0.25, 0.3) is 10.4 Å². The minimum atomic E-state index is -4.88. The third-order valence-electron chi connectivity index (χ3n) is 4.97. The number of benzene rings is 1. The van der Waals surface area contributed by atoms with E-state index in [9.17, 15) is 13.0 Å². The van der Waals surface area contributed by atoms with Gasteiger partial charge >= 0.3 is 0 Å². The molecule has 0 saturated heterocycles. The van der Waals surface area contributed by atoms with Gasteiger partial charge in [0.05, 0.1) is 16.3 Å². The fourth-order valence-corrected chi connectivity index (χ4v) is 4.27. The first-order chi connectivity index (χ1) is 11.9. The molecule has 0 atom stereocenters. The highest BCUT2D eigenvalue weighted by Crippen LogP contribution is 2.38. The number of halogens is 1. The summed E-state index contributed by atoms with van der Waals surface area (Å²) in [6.45, 7) is 0.608. The van der Waals surface area contributed by atoms with Crippen LogP contribution in [0.4, 0.5) is 0 Å². The van der Waals surface area contributed by atoms with Gasteiger partial charge in [0.15, 0.2) is 0 Å². The highest BCUT2D eigenvalue weighted by atomic mass is 35.5. The van der Waals surface area contributed by atoms with Crippen molar-refractivity contribution in [1.29, 1.82) is 0 Å². The van der Waals surface area contributed by atoms with E-state index in [4.69, 9.17) is 16.6 Å². The second kappa shape index (κ2) is 6.26. The van der Waals surface area contributed by atoms with Crippen LogP contribution in [-0.2, 0) is 21.2 Å². The summed E-state index contributed by atoms with van der Waals surface area (Å²) in [6, 6.07) is 3.49. The van der Waals surface area contributed by atoms with Crippen LogP contribution in [0.25, 0.3) is 11.0 Å². The van der Waals surface area contributed by atoms with Crippen molar-refractivity contribution in [2.45, 2.75) is 51.0 Å². The molecule has 2 heterocycles. The lowest BCUT2D eigenvalue weighted by atomic mass is 9.88. The Balaban J connectivity index is 1.84. The van der Waals surface area contributed by atoms with E-state index >= 15 is 0 Å². The van der Waals surface area contributed by atoms with E-state index in [1.54, 1.807) is 12.1 Å². The van der Waals surface area contributed by atoms with E-state index in [-0.39, 0.29) is 0 Å². The average molecular weight is 383 g/mol. The third kappa shape index (κ3) is 3.14. The van der Waals surface area contributed by atoms with E-state index in [1.165, 1.54) is 19.3 Å². The van der Waals surface area contributed by atoms with Crippen molar-refractivity contribution >= 4 is 38.7 Å². The maximum Gasteiger partial charge on any atom is 0.284 e. The predicted molar refractivity (Wildman–Crippen MR) is 92.5 cm³/mol. The van der Waals surface area contributed by atoms with Crippen molar-refractivity contribution in [3.63, 3.8) is 0 Å². The molecule has 4 rings (SSSR count). The minimum absolute atomic E-state index is 0.418. The predicted octanol–water partition coefficient (Wildman–Crippen LogP) is 3.32. The summed E-state index contributed by atoms with van der Waals surface area (Å²) in [5.41, 5.74) is 2.66. The van der Waals surface area contributed by atoms with Crippen molar-refractivity contribution in [3.8, 4) is 0 Å². The first kappa shape index (κ1) is 16.8. The number of nitrogens with zero attached hydrogens (tertiary/aromatic N) is 3. The van der Waals surface area contributed by atoms with E-state index in [0.29, 0.717) is 40.7 Å². The Morgan fingerprint density at radius 2 is 2.04 bits per heavy atom. The summed E-state index contributed by atoms with van der Waals surface area (Å²) in [4.78, 5) is 4.81. The van der Waals surface area contributed by atoms with Crippen LogP contribution in [0.5, 0.6) is 0 Å². The summed E-state index contributed by atoms with van der Waals surface area (Å²) < 4.78 is 38.4. The number of aryl methyl sites for hydroxylation is 1. The molecule has 1 aliphatic carbocycles. The Hall–Kier alpha value is -1.64. The van der Waals surface area contributed by atoms with Gasteiger partial charge in [0.2, 0.25) is 0 Å². The second-order valence-electron chi connectivity index (χ2n) is 6.52. The van der Waals surface area contributed by atoms with Crippen LogP contribution in [0.1, 0.15) is 55.8 Å². The van der Waals surface area contributed by atoms with E-state index in [2.05, 4.69) is 14.0 Å². The molecule has 2 aliphatic rings. The summed E-state index contributed by atoms with van der Waals surface area (Å²) in [5, 5.41) is 4.11. The van der Waals surface area contributed by atoms with Crippen LogP contribution in [0.3, 0.4) is 0 Å². The smallest absolute Gasteiger partial charge is 0.284 e. The zero-order chi connectivity index (χ0) is 17.6. The van der Waals surface area contributed by atoms with Gasteiger partial charge in [-0.15, -0.1) is 0 Å². The summed E-state index contributed by atoms with van der Waals surface area (Å²) >= 11 is 6.34. The molecule has 1 aliphatic heterocycles. The lowest BCUT2D eigenvalue weighted by Crippen LogP contribution is -2.19. The maximum atomic E-state index is 10.7. The molecule has 7 nitrogen and oxygen atoms in total. The molecule has 0 amide bonds. The molecular formula is C16H17ClN3O4S-. The molecule has 0 unspecified atom stereocenters. The molecule has 134 valence electrons. The topological polar surface area (TPSA) is 96.6 Å². The van der Waals surface area contributed by atoms with E-state index in [0.717, 1.165) is 24.2 Å². The van der Waals surface area contributed by atoms with Gasteiger partial charge in [-0.1, -0.05) is 36.0 Å².